The molecule has 0 bridgehead atoms. The summed E-state index contributed by atoms with van der Waals surface area (Å²) in [7, 11) is 0. The van der Waals surface area contributed by atoms with Crippen LogP contribution >= 0.6 is 22.9 Å². The maximum absolute atomic E-state index is 12.5. The van der Waals surface area contributed by atoms with Crippen molar-refractivity contribution in [1.29, 1.82) is 0 Å². The second kappa shape index (κ2) is 7.96. The molecule has 28 heavy (non-hydrogen) atoms. The van der Waals surface area contributed by atoms with Gasteiger partial charge in [-0.05, 0) is 36.8 Å². The first-order valence-corrected chi connectivity index (χ1v) is 9.95. The highest BCUT2D eigenvalue weighted by atomic mass is 35.5. The van der Waals surface area contributed by atoms with Gasteiger partial charge in [0.25, 0.3) is 0 Å². The number of para-hydroxylation sites is 1. The number of rotatable bonds is 4. The Bertz CT molecular complexity index is 1280. The van der Waals surface area contributed by atoms with E-state index >= 15 is 0 Å². The van der Waals surface area contributed by atoms with Crippen molar-refractivity contribution in [1.82, 2.24) is 4.57 Å². The summed E-state index contributed by atoms with van der Waals surface area (Å²) in [5, 5.41) is 12.0. The third-order valence-corrected chi connectivity index (χ3v) is 5.36. The van der Waals surface area contributed by atoms with E-state index in [0.29, 0.717) is 27.5 Å². The van der Waals surface area contributed by atoms with E-state index in [4.69, 9.17) is 16.0 Å². The summed E-state index contributed by atoms with van der Waals surface area (Å²) in [5.74, 6) is 0. The second-order valence-electron chi connectivity index (χ2n) is 6.03. The third kappa shape index (κ3) is 3.69. The van der Waals surface area contributed by atoms with Crippen LogP contribution in [0.4, 0.5) is 0 Å². The van der Waals surface area contributed by atoms with E-state index in [-0.39, 0.29) is 5.63 Å². The summed E-state index contributed by atoms with van der Waals surface area (Å²) in [6.45, 7) is 2.65. The summed E-state index contributed by atoms with van der Waals surface area (Å²) in [5.41, 5.74) is 2.40. The van der Waals surface area contributed by atoms with Gasteiger partial charge in [0.15, 0.2) is 0 Å². The lowest BCUT2D eigenvalue weighted by atomic mass is 10.1. The lowest BCUT2D eigenvalue weighted by Crippen LogP contribution is -2.16. The monoisotopic (exact) mass is 409 g/mol. The zero-order valence-corrected chi connectivity index (χ0v) is 16.6. The van der Waals surface area contributed by atoms with Crippen molar-refractivity contribution in [3.8, 4) is 11.3 Å². The lowest BCUT2D eigenvalue weighted by molar-refractivity contribution is 0.562. The summed E-state index contributed by atoms with van der Waals surface area (Å²) in [6, 6.07) is 16.7. The number of hydrogen-bond donors (Lipinski definition) is 0. The van der Waals surface area contributed by atoms with Crippen LogP contribution in [0.1, 0.15) is 12.5 Å². The minimum atomic E-state index is -0.366. The normalized spacial score (nSPS) is 12.3. The molecule has 140 valence electrons. The highest BCUT2D eigenvalue weighted by molar-refractivity contribution is 7.07. The van der Waals surface area contributed by atoms with Crippen LogP contribution in [0.25, 0.3) is 22.2 Å². The fraction of sp³-hybridized carbons (Fsp3) is 0.0952. The van der Waals surface area contributed by atoms with Crippen LogP contribution in [-0.2, 0) is 6.54 Å². The first kappa shape index (κ1) is 18.4. The van der Waals surface area contributed by atoms with E-state index in [1.807, 2.05) is 53.3 Å². The van der Waals surface area contributed by atoms with Gasteiger partial charge in [-0.1, -0.05) is 41.9 Å². The summed E-state index contributed by atoms with van der Waals surface area (Å²) in [4.78, 5) is 13.2. The molecule has 0 aliphatic heterocycles. The topological polar surface area (TPSA) is 59.9 Å². The highest BCUT2D eigenvalue weighted by Gasteiger charge is 2.13. The minimum Gasteiger partial charge on any atom is -0.422 e. The number of fused-ring (bicyclic) bond motifs is 1. The van der Waals surface area contributed by atoms with Gasteiger partial charge in [-0.15, -0.1) is 16.4 Å². The van der Waals surface area contributed by atoms with Gasteiger partial charge < -0.3 is 8.98 Å². The number of halogens is 1. The second-order valence-corrected chi connectivity index (χ2v) is 7.30. The molecule has 0 atom stereocenters. The van der Waals surface area contributed by atoms with Crippen molar-refractivity contribution < 1.29 is 4.42 Å². The number of benzene rings is 2. The molecule has 7 heteroatoms. The SMILES string of the molecule is CCn1c(-c2cc3ccccc3oc2=O)cs/c1=N\N=C\c1ccc(Cl)cc1. The van der Waals surface area contributed by atoms with E-state index in [1.54, 1.807) is 24.4 Å². The Kier molecular flexibility index (Phi) is 5.23. The Balaban J connectivity index is 1.75. The molecule has 2 aromatic heterocycles. The van der Waals surface area contributed by atoms with E-state index in [2.05, 4.69) is 10.2 Å². The maximum Gasteiger partial charge on any atom is 0.345 e. The highest BCUT2D eigenvalue weighted by Crippen LogP contribution is 2.21. The van der Waals surface area contributed by atoms with E-state index < -0.39 is 0 Å². The maximum atomic E-state index is 12.5. The molecule has 0 amide bonds. The zero-order chi connectivity index (χ0) is 19.5. The fourth-order valence-electron chi connectivity index (χ4n) is 2.87. The molecule has 0 N–H and O–H groups in total. The van der Waals surface area contributed by atoms with Gasteiger partial charge in [-0.3, -0.25) is 0 Å². The predicted molar refractivity (Wildman–Crippen MR) is 114 cm³/mol. The molecule has 0 aliphatic rings. The average Bonchev–Trinajstić information content (AvgIpc) is 3.11. The van der Waals surface area contributed by atoms with Crippen LogP contribution in [0.15, 0.2) is 79.4 Å². The predicted octanol–water partition coefficient (Wildman–Crippen LogP) is 4.93. The van der Waals surface area contributed by atoms with Crippen LogP contribution in [0.2, 0.25) is 5.02 Å². The van der Waals surface area contributed by atoms with E-state index in [1.165, 1.54) is 11.3 Å². The van der Waals surface area contributed by atoms with Gasteiger partial charge in [0.1, 0.15) is 5.58 Å². The molecule has 2 aromatic carbocycles. The van der Waals surface area contributed by atoms with Crippen LogP contribution in [0.3, 0.4) is 0 Å². The summed E-state index contributed by atoms with van der Waals surface area (Å²) >= 11 is 7.32. The first-order valence-electron chi connectivity index (χ1n) is 8.70. The molecule has 5 nitrogen and oxygen atoms in total. The van der Waals surface area contributed by atoms with Crippen molar-refractivity contribution in [3.63, 3.8) is 0 Å². The summed E-state index contributed by atoms with van der Waals surface area (Å²) < 4.78 is 7.42. The Morgan fingerprint density at radius 3 is 2.75 bits per heavy atom. The van der Waals surface area contributed by atoms with Crippen LogP contribution in [0, 0.1) is 0 Å². The fourth-order valence-corrected chi connectivity index (χ4v) is 3.91. The number of thiazole rings is 1. The van der Waals surface area contributed by atoms with Gasteiger partial charge in [0, 0.05) is 22.3 Å². The molecule has 0 unspecified atom stereocenters. The molecular weight excluding hydrogens is 394 g/mol. The van der Waals surface area contributed by atoms with Crippen molar-refractivity contribution >= 4 is 40.1 Å². The molecule has 0 saturated heterocycles. The van der Waals surface area contributed by atoms with Gasteiger partial charge >= 0.3 is 5.63 Å². The Labute approximate surface area is 169 Å². The number of nitrogens with zero attached hydrogens (tertiary/aromatic N) is 3. The average molecular weight is 410 g/mol. The van der Waals surface area contributed by atoms with Crippen molar-refractivity contribution in [2.45, 2.75) is 13.5 Å². The van der Waals surface area contributed by atoms with Crippen LogP contribution in [0.5, 0.6) is 0 Å². The van der Waals surface area contributed by atoms with Crippen LogP contribution in [-0.4, -0.2) is 10.8 Å². The van der Waals surface area contributed by atoms with E-state index in [0.717, 1.165) is 16.6 Å². The lowest BCUT2D eigenvalue weighted by Gasteiger charge is -2.05. The number of aromatic nitrogens is 1. The van der Waals surface area contributed by atoms with Crippen molar-refractivity contribution in [2.75, 3.05) is 0 Å². The van der Waals surface area contributed by atoms with Crippen molar-refractivity contribution in [2.24, 2.45) is 10.2 Å². The first-order chi connectivity index (χ1) is 13.7. The number of hydrogen-bond acceptors (Lipinski definition) is 5. The Hall–Kier alpha value is -2.96. The van der Waals surface area contributed by atoms with Gasteiger partial charge in [0.2, 0.25) is 4.80 Å². The van der Waals surface area contributed by atoms with Crippen molar-refractivity contribution in [3.05, 3.63) is 85.8 Å². The quantitative estimate of drug-likeness (QED) is 0.272. The van der Waals surface area contributed by atoms with Gasteiger partial charge in [-0.2, -0.15) is 5.10 Å². The molecule has 4 aromatic rings. The Morgan fingerprint density at radius 1 is 1.18 bits per heavy atom. The largest absolute Gasteiger partial charge is 0.422 e. The van der Waals surface area contributed by atoms with Gasteiger partial charge in [-0.25, -0.2) is 4.79 Å². The molecule has 0 saturated carbocycles. The smallest absolute Gasteiger partial charge is 0.345 e. The molecule has 2 heterocycles. The Morgan fingerprint density at radius 2 is 1.96 bits per heavy atom. The third-order valence-electron chi connectivity index (χ3n) is 4.25. The molecule has 0 spiro atoms. The zero-order valence-electron chi connectivity index (χ0n) is 15.0. The van der Waals surface area contributed by atoms with Gasteiger partial charge in [0.05, 0.1) is 17.5 Å². The standard InChI is InChI=1S/C21H16ClN3O2S/c1-2-25-18(17-11-15-5-3-4-6-19(15)27-20(17)26)13-28-21(25)24-23-12-14-7-9-16(22)10-8-14/h3-13H,2H2,1H3/b23-12+,24-21-. The van der Waals surface area contributed by atoms with Crippen LogP contribution < -0.4 is 10.4 Å². The molecular formula is C21H16ClN3O2S. The minimum absolute atomic E-state index is 0.366. The molecule has 4 rings (SSSR count). The molecule has 0 radical (unpaired) electrons. The summed E-state index contributed by atoms with van der Waals surface area (Å²) in [6.07, 6.45) is 1.67. The van der Waals surface area contributed by atoms with E-state index in [9.17, 15) is 4.79 Å². The molecule has 0 aliphatic carbocycles. The molecule has 0 fully saturated rings.